The van der Waals surface area contributed by atoms with Crippen LogP contribution in [0.5, 0.6) is 0 Å². The van der Waals surface area contributed by atoms with E-state index in [1.165, 1.54) is 6.07 Å². The maximum Gasteiger partial charge on any atom is 0.174 e. The highest BCUT2D eigenvalue weighted by Crippen LogP contribution is 2.41. The van der Waals surface area contributed by atoms with Crippen molar-refractivity contribution in [1.82, 2.24) is 0 Å². The number of hydrogen-bond acceptors (Lipinski definition) is 1. The van der Waals surface area contributed by atoms with Crippen molar-refractivity contribution in [3.05, 3.63) is 71.0 Å². The molecule has 1 aromatic heterocycles. The van der Waals surface area contributed by atoms with E-state index in [9.17, 15) is 4.39 Å². The van der Waals surface area contributed by atoms with Gasteiger partial charge in [0, 0.05) is 16.3 Å². The lowest BCUT2D eigenvalue weighted by Gasteiger charge is -2.10. The van der Waals surface area contributed by atoms with Crippen LogP contribution >= 0.6 is 0 Å². The van der Waals surface area contributed by atoms with E-state index in [4.69, 9.17) is 4.42 Å². The zero-order valence-corrected chi connectivity index (χ0v) is 16.9. The zero-order chi connectivity index (χ0) is 20.8. The van der Waals surface area contributed by atoms with E-state index in [1.807, 2.05) is 19.1 Å². The molecule has 0 aliphatic heterocycles. The highest BCUT2D eigenvalue weighted by molar-refractivity contribution is 6.06. The Bertz CT molecular complexity index is 1250. The molecular formula is C26H23F3O. The van der Waals surface area contributed by atoms with Crippen LogP contribution in [0.3, 0.4) is 0 Å². The van der Waals surface area contributed by atoms with E-state index >= 15 is 8.78 Å². The molecule has 1 aliphatic carbocycles. The lowest BCUT2D eigenvalue weighted by Crippen LogP contribution is -1.96. The molecule has 4 heteroatoms. The molecule has 0 saturated heterocycles. The number of hydrogen-bond donors (Lipinski definition) is 0. The van der Waals surface area contributed by atoms with Gasteiger partial charge in [0.15, 0.2) is 22.8 Å². The van der Waals surface area contributed by atoms with Crippen LogP contribution < -0.4 is 0 Å². The van der Waals surface area contributed by atoms with Gasteiger partial charge in [0.2, 0.25) is 0 Å². The quantitative estimate of drug-likeness (QED) is 0.331. The molecule has 5 rings (SSSR count). The second kappa shape index (κ2) is 7.50. The molecule has 1 heterocycles. The van der Waals surface area contributed by atoms with E-state index in [0.29, 0.717) is 33.9 Å². The summed E-state index contributed by atoms with van der Waals surface area (Å²) in [5.74, 6) is -1.11. The van der Waals surface area contributed by atoms with Crippen LogP contribution in [0, 0.1) is 17.5 Å². The minimum absolute atomic E-state index is 0.0167. The summed E-state index contributed by atoms with van der Waals surface area (Å²) < 4.78 is 50.7. The predicted octanol–water partition coefficient (Wildman–Crippen LogP) is 8.28. The minimum Gasteiger partial charge on any atom is -0.450 e. The summed E-state index contributed by atoms with van der Waals surface area (Å²) in [4.78, 5) is 0. The van der Waals surface area contributed by atoms with Gasteiger partial charge in [-0.15, -0.1) is 0 Å². The molecule has 0 N–H and O–H groups in total. The van der Waals surface area contributed by atoms with Crippen LogP contribution in [-0.2, 0) is 6.42 Å². The molecule has 154 valence electrons. The Hall–Kier alpha value is -2.75. The van der Waals surface area contributed by atoms with Gasteiger partial charge in [-0.25, -0.2) is 13.2 Å². The summed E-state index contributed by atoms with van der Waals surface area (Å²) in [7, 11) is 0. The van der Waals surface area contributed by atoms with Gasteiger partial charge < -0.3 is 4.42 Å². The first-order valence-corrected chi connectivity index (χ1v) is 10.7. The van der Waals surface area contributed by atoms with Crippen molar-refractivity contribution in [3.63, 3.8) is 0 Å². The van der Waals surface area contributed by atoms with Crippen LogP contribution in [0.15, 0.2) is 46.9 Å². The van der Waals surface area contributed by atoms with Crippen LogP contribution in [0.2, 0.25) is 0 Å². The fraction of sp³-hybridized carbons (Fsp3) is 0.308. The van der Waals surface area contributed by atoms with Gasteiger partial charge in [-0.2, -0.15) is 0 Å². The average Bonchev–Trinajstić information content (AvgIpc) is 3.39. The summed E-state index contributed by atoms with van der Waals surface area (Å²) in [5.41, 5.74) is 2.10. The molecule has 0 radical (unpaired) electrons. The van der Waals surface area contributed by atoms with Crippen molar-refractivity contribution in [2.24, 2.45) is 0 Å². The van der Waals surface area contributed by atoms with Crippen molar-refractivity contribution >= 4 is 21.9 Å². The highest BCUT2D eigenvalue weighted by Gasteiger charge is 2.25. The number of furan rings is 1. The Morgan fingerprint density at radius 2 is 1.57 bits per heavy atom. The van der Waals surface area contributed by atoms with Crippen molar-refractivity contribution in [1.29, 1.82) is 0 Å². The van der Waals surface area contributed by atoms with Crippen molar-refractivity contribution in [2.45, 2.75) is 51.4 Å². The normalized spacial score (nSPS) is 14.9. The standard InChI is InChI=1S/C26H23F3O/c1-2-5-16-8-9-17(14-22(16)27)19-11-13-21-20-12-10-18(15-6-3-4-7-15)23(28)25(20)30-26(21)24(19)29/h8-15H,2-7H2,1H3. The van der Waals surface area contributed by atoms with Gasteiger partial charge in [0.05, 0.1) is 0 Å². The number of fused-ring (bicyclic) bond motifs is 3. The van der Waals surface area contributed by atoms with Crippen LogP contribution in [0.4, 0.5) is 13.2 Å². The molecule has 30 heavy (non-hydrogen) atoms. The Morgan fingerprint density at radius 3 is 2.27 bits per heavy atom. The number of aryl methyl sites for hydroxylation is 1. The topological polar surface area (TPSA) is 13.1 Å². The summed E-state index contributed by atoms with van der Waals surface area (Å²) in [6, 6.07) is 11.8. The molecule has 0 spiro atoms. The van der Waals surface area contributed by atoms with E-state index in [1.54, 1.807) is 24.3 Å². The molecule has 0 unspecified atom stereocenters. The Labute approximate surface area is 173 Å². The highest BCUT2D eigenvalue weighted by atomic mass is 19.1. The van der Waals surface area contributed by atoms with Crippen LogP contribution in [-0.4, -0.2) is 0 Å². The molecule has 1 nitrogen and oxygen atoms in total. The number of benzene rings is 3. The summed E-state index contributed by atoms with van der Waals surface area (Å²) >= 11 is 0. The molecule has 1 saturated carbocycles. The number of rotatable bonds is 4. The first-order valence-electron chi connectivity index (χ1n) is 10.7. The van der Waals surface area contributed by atoms with Gasteiger partial charge in [-0.3, -0.25) is 0 Å². The van der Waals surface area contributed by atoms with Gasteiger partial charge in [0.1, 0.15) is 5.82 Å². The Balaban J connectivity index is 1.64. The third-order valence-electron chi connectivity index (χ3n) is 6.40. The second-order valence-electron chi connectivity index (χ2n) is 8.29. The molecule has 0 atom stereocenters. The van der Waals surface area contributed by atoms with E-state index < -0.39 is 5.82 Å². The molecule has 1 aliphatic rings. The second-order valence-corrected chi connectivity index (χ2v) is 8.29. The summed E-state index contributed by atoms with van der Waals surface area (Å²) in [5, 5.41) is 1.10. The Kier molecular flexibility index (Phi) is 4.80. The van der Waals surface area contributed by atoms with E-state index in [2.05, 4.69) is 0 Å². The Morgan fingerprint density at radius 1 is 0.867 bits per heavy atom. The summed E-state index contributed by atoms with van der Waals surface area (Å²) in [6.07, 6.45) is 5.63. The molecule has 3 aromatic carbocycles. The van der Waals surface area contributed by atoms with Crippen LogP contribution in [0.25, 0.3) is 33.1 Å². The molecule has 1 fully saturated rings. The lowest BCUT2D eigenvalue weighted by atomic mass is 9.95. The first kappa shape index (κ1) is 19.2. The van der Waals surface area contributed by atoms with E-state index in [-0.39, 0.29) is 34.3 Å². The van der Waals surface area contributed by atoms with Gasteiger partial charge in [-0.05, 0) is 60.1 Å². The van der Waals surface area contributed by atoms with Crippen LogP contribution in [0.1, 0.15) is 56.1 Å². The maximum atomic E-state index is 15.4. The first-order chi connectivity index (χ1) is 14.6. The van der Waals surface area contributed by atoms with Crippen molar-refractivity contribution in [2.75, 3.05) is 0 Å². The predicted molar refractivity (Wildman–Crippen MR) is 114 cm³/mol. The van der Waals surface area contributed by atoms with Gasteiger partial charge in [-0.1, -0.05) is 50.5 Å². The van der Waals surface area contributed by atoms with Gasteiger partial charge in [0.25, 0.3) is 0 Å². The van der Waals surface area contributed by atoms with E-state index in [0.717, 1.165) is 32.1 Å². The molecule has 0 amide bonds. The molecule has 4 aromatic rings. The largest absolute Gasteiger partial charge is 0.450 e. The SMILES string of the molecule is CCCc1ccc(-c2ccc3c(oc4c(F)c(C5CCCC5)ccc43)c2F)cc1F. The fourth-order valence-corrected chi connectivity index (χ4v) is 4.82. The van der Waals surface area contributed by atoms with Crippen molar-refractivity contribution in [3.8, 4) is 11.1 Å². The zero-order valence-electron chi connectivity index (χ0n) is 16.9. The molecular weight excluding hydrogens is 385 g/mol. The monoisotopic (exact) mass is 408 g/mol. The third kappa shape index (κ3) is 3.01. The number of halogens is 3. The van der Waals surface area contributed by atoms with Gasteiger partial charge >= 0.3 is 0 Å². The summed E-state index contributed by atoms with van der Waals surface area (Å²) in [6.45, 7) is 1.99. The fourth-order valence-electron chi connectivity index (χ4n) is 4.82. The molecule has 0 bridgehead atoms. The lowest BCUT2D eigenvalue weighted by molar-refractivity contribution is 0.542. The minimum atomic E-state index is -0.590. The smallest absolute Gasteiger partial charge is 0.174 e. The maximum absolute atomic E-state index is 15.4. The van der Waals surface area contributed by atoms with Crippen molar-refractivity contribution < 1.29 is 17.6 Å². The average molecular weight is 408 g/mol. The third-order valence-corrected chi connectivity index (χ3v) is 6.40.